The van der Waals surface area contributed by atoms with E-state index in [2.05, 4.69) is 30.2 Å². The normalized spacial score (nSPS) is 11.2. The molecule has 4 aromatic heterocycles. The van der Waals surface area contributed by atoms with E-state index in [1.54, 1.807) is 42.5 Å². The van der Waals surface area contributed by atoms with Crippen LogP contribution in [0, 0.1) is 6.92 Å². The minimum atomic E-state index is -0.245. The van der Waals surface area contributed by atoms with Crippen molar-refractivity contribution >= 4 is 16.9 Å². The lowest BCUT2D eigenvalue weighted by molar-refractivity contribution is 0.0729. The first-order chi connectivity index (χ1) is 16.4. The van der Waals surface area contributed by atoms with Crippen LogP contribution in [0.25, 0.3) is 22.3 Å². The third kappa shape index (κ3) is 5.34. The maximum Gasteiger partial charge on any atom is 0.293 e. The Morgan fingerprint density at radius 2 is 1.91 bits per heavy atom. The number of ether oxygens (including phenoxy) is 2. The van der Waals surface area contributed by atoms with Crippen molar-refractivity contribution in [3.05, 3.63) is 64.7 Å². The van der Waals surface area contributed by atoms with Gasteiger partial charge in [0.2, 0.25) is 5.88 Å². The van der Waals surface area contributed by atoms with Gasteiger partial charge in [0.1, 0.15) is 5.52 Å². The molecule has 0 aromatic carbocycles. The number of fused-ring (bicyclic) bond motifs is 1. The van der Waals surface area contributed by atoms with Gasteiger partial charge in [-0.1, -0.05) is 0 Å². The molecule has 0 aliphatic carbocycles. The predicted octanol–water partition coefficient (Wildman–Crippen LogP) is 3.00. The molecule has 1 N–H and O–H groups in total. The van der Waals surface area contributed by atoms with Crippen LogP contribution < -0.4 is 15.6 Å². The summed E-state index contributed by atoms with van der Waals surface area (Å²) in [6, 6.07) is 5.48. The van der Waals surface area contributed by atoms with Crippen molar-refractivity contribution in [1.29, 1.82) is 0 Å². The molecule has 10 heteroatoms. The molecule has 0 atom stereocenters. The first-order valence-electron chi connectivity index (χ1n) is 11.0. The molecule has 0 aliphatic heterocycles. The molecule has 0 spiro atoms. The van der Waals surface area contributed by atoms with E-state index in [1.807, 2.05) is 32.9 Å². The Morgan fingerprint density at radius 1 is 1.06 bits per heavy atom. The minimum Gasteiger partial charge on any atom is -0.481 e. The van der Waals surface area contributed by atoms with Gasteiger partial charge in [0.05, 0.1) is 61.4 Å². The molecule has 0 fully saturated rings. The fourth-order valence-electron chi connectivity index (χ4n) is 3.36. The van der Waals surface area contributed by atoms with Crippen molar-refractivity contribution in [3.8, 4) is 17.1 Å². The highest BCUT2D eigenvalue weighted by atomic mass is 16.5. The molecule has 4 aromatic rings. The molecule has 34 heavy (non-hydrogen) atoms. The zero-order chi connectivity index (χ0) is 24.1. The van der Waals surface area contributed by atoms with Gasteiger partial charge in [-0.25, -0.2) is 9.97 Å². The molecular formula is C24H27N7O3. The zero-order valence-corrected chi connectivity index (χ0v) is 19.6. The van der Waals surface area contributed by atoms with Crippen molar-refractivity contribution in [1.82, 2.24) is 29.5 Å². The summed E-state index contributed by atoms with van der Waals surface area (Å²) in [5.74, 6) is 0.739. The van der Waals surface area contributed by atoms with Crippen molar-refractivity contribution in [3.63, 3.8) is 0 Å². The fourth-order valence-corrected chi connectivity index (χ4v) is 3.36. The van der Waals surface area contributed by atoms with Crippen molar-refractivity contribution in [2.45, 2.75) is 40.0 Å². The van der Waals surface area contributed by atoms with E-state index in [9.17, 15) is 4.79 Å². The highest BCUT2D eigenvalue weighted by Gasteiger charge is 2.14. The number of nitrogens with one attached hydrogen (secondary N) is 1. The van der Waals surface area contributed by atoms with Gasteiger partial charge in [-0.2, -0.15) is 0 Å². The molecule has 176 valence electrons. The number of hydrogen-bond donors (Lipinski definition) is 1. The van der Waals surface area contributed by atoms with Gasteiger partial charge in [-0.05, 0) is 32.9 Å². The Labute approximate surface area is 197 Å². The standard InChI is InChI=1S/C24H27N7O3/c1-15(2)34-8-7-31-21-9-19(17-5-6-22(33-4)28-11-17)27-14-20(21)30-23(24(31)32)29-13-18-12-25-16(3)10-26-18/h5-6,9-12,14-15H,7-8,13H2,1-4H3,(H,29,30). The van der Waals surface area contributed by atoms with E-state index < -0.39 is 0 Å². The monoisotopic (exact) mass is 461 g/mol. The summed E-state index contributed by atoms with van der Waals surface area (Å²) in [6.45, 7) is 6.88. The third-order valence-electron chi connectivity index (χ3n) is 5.11. The van der Waals surface area contributed by atoms with Crippen LogP contribution in [-0.4, -0.2) is 49.3 Å². The lowest BCUT2D eigenvalue weighted by Gasteiger charge is -2.15. The Kier molecular flexibility index (Phi) is 7.07. The molecule has 0 aliphatic rings. The number of methoxy groups -OCH3 is 1. The van der Waals surface area contributed by atoms with Crippen LogP contribution in [-0.2, 0) is 17.8 Å². The van der Waals surface area contributed by atoms with Crippen LogP contribution in [0.1, 0.15) is 25.2 Å². The molecular weight excluding hydrogens is 434 g/mol. The summed E-state index contributed by atoms with van der Waals surface area (Å²) in [5, 5.41) is 3.10. The lowest BCUT2D eigenvalue weighted by Crippen LogP contribution is -2.27. The number of nitrogens with zero attached hydrogens (tertiary/aromatic N) is 6. The highest BCUT2D eigenvalue weighted by molar-refractivity contribution is 5.80. The second-order valence-corrected chi connectivity index (χ2v) is 7.99. The average Bonchev–Trinajstić information content (AvgIpc) is 2.85. The molecule has 4 rings (SSSR count). The Bertz CT molecular complexity index is 1320. The Hall–Kier alpha value is -3.92. The number of pyridine rings is 2. The summed E-state index contributed by atoms with van der Waals surface area (Å²) in [4.78, 5) is 35.3. The van der Waals surface area contributed by atoms with Crippen LogP contribution in [0.2, 0.25) is 0 Å². The van der Waals surface area contributed by atoms with Crippen LogP contribution >= 0.6 is 0 Å². The van der Waals surface area contributed by atoms with Gasteiger partial charge in [-0.15, -0.1) is 0 Å². The summed E-state index contributed by atoms with van der Waals surface area (Å²) in [7, 11) is 1.57. The summed E-state index contributed by atoms with van der Waals surface area (Å²) < 4.78 is 12.5. The van der Waals surface area contributed by atoms with Gasteiger partial charge in [0.25, 0.3) is 5.56 Å². The Balaban J connectivity index is 1.71. The van der Waals surface area contributed by atoms with Gasteiger partial charge < -0.3 is 19.4 Å². The first-order valence-corrected chi connectivity index (χ1v) is 11.0. The topological polar surface area (TPSA) is 117 Å². The average molecular weight is 462 g/mol. The second-order valence-electron chi connectivity index (χ2n) is 7.99. The number of aryl methyl sites for hydroxylation is 1. The molecule has 0 bridgehead atoms. The maximum atomic E-state index is 13.4. The zero-order valence-electron chi connectivity index (χ0n) is 19.6. The van der Waals surface area contributed by atoms with Gasteiger partial charge in [0, 0.05) is 30.6 Å². The number of hydrogen-bond acceptors (Lipinski definition) is 9. The summed E-state index contributed by atoms with van der Waals surface area (Å²) >= 11 is 0. The summed E-state index contributed by atoms with van der Waals surface area (Å²) in [5.41, 5.74) is 4.03. The third-order valence-corrected chi connectivity index (χ3v) is 5.11. The minimum absolute atomic E-state index is 0.0594. The van der Waals surface area contributed by atoms with Crippen LogP contribution in [0.3, 0.4) is 0 Å². The molecule has 0 amide bonds. The smallest absolute Gasteiger partial charge is 0.293 e. The van der Waals surface area contributed by atoms with Gasteiger partial charge in [-0.3, -0.25) is 19.7 Å². The van der Waals surface area contributed by atoms with Crippen molar-refractivity contribution < 1.29 is 9.47 Å². The fraction of sp³-hybridized carbons (Fsp3) is 0.333. The van der Waals surface area contributed by atoms with Crippen molar-refractivity contribution in [2.24, 2.45) is 0 Å². The number of anilines is 1. The predicted molar refractivity (Wildman–Crippen MR) is 129 cm³/mol. The molecule has 0 saturated carbocycles. The molecule has 4 heterocycles. The van der Waals surface area contributed by atoms with Crippen molar-refractivity contribution in [2.75, 3.05) is 19.0 Å². The lowest BCUT2D eigenvalue weighted by atomic mass is 10.2. The number of rotatable bonds is 9. The van der Waals surface area contributed by atoms with E-state index in [0.717, 1.165) is 11.3 Å². The van der Waals surface area contributed by atoms with Gasteiger partial charge in [0.15, 0.2) is 5.82 Å². The molecule has 0 unspecified atom stereocenters. The van der Waals surface area contributed by atoms with E-state index in [-0.39, 0.29) is 17.5 Å². The quantitative estimate of drug-likeness (QED) is 0.401. The largest absolute Gasteiger partial charge is 0.481 e. The molecule has 10 nitrogen and oxygen atoms in total. The highest BCUT2D eigenvalue weighted by Crippen LogP contribution is 2.22. The Morgan fingerprint density at radius 3 is 2.59 bits per heavy atom. The van der Waals surface area contributed by atoms with E-state index >= 15 is 0 Å². The van der Waals surface area contributed by atoms with E-state index in [4.69, 9.17) is 9.47 Å². The molecule has 0 saturated heterocycles. The van der Waals surface area contributed by atoms with Crippen LogP contribution in [0.5, 0.6) is 5.88 Å². The maximum absolute atomic E-state index is 13.4. The van der Waals surface area contributed by atoms with E-state index in [1.165, 1.54) is 0 Å². The SMILES string of the molecule is COc1ccc(-c2cc3c(cn2)nc(NCc2cnc(C)cn2)c(=O)n3CCOC(C)C)cn1. The van der Waals surface area contributed by atoms with Crippen LogP contribution in [0.4, 0.5) is 5.82 Å². The molecule has 0 radical (unpaired) electrons. The van der Waals surface area contributed by atoms with Crippen LogP contribution in [0.15, 0.2) is 47.8 Å². The number of aromatic nitrogens is 6. The second kappa shape index (κ2) is 10.3. The van der Waals surface area contributed by atoms with Gasteiger partial charge >= 0.3 is 0 Å². The van der Waals surface area contributed by atoms with E-state index in [0.29, 0.717) is 48.0 Å². The first kappa shape index (κ1) is 23.2. The summed E-state index contributed by atoms with van der Waals surface area (Å²) in [6.07, 6.45) is 6.76.